The van der Waals surface area contributed by atoms with E-state index in [1.165, 1.54) is 24.3 Å². The van der Waals surface area contributed by atoms with Gasteiger partial charge in [-0.3, -0.25) is 24.5 Å². The molecule has 30 heavy (non-hydrogen) atoms. The van der Waals surface area contributed by atoms with Crippen molar-refractivity contribution in [2.45, 2.75) is 59.0 Å². The highest BCUT2D eigenvalue weighted by Gasteiger charge is 2.33. The van der Waals surface area contributed by atoms with Gasteiger partial charge < -0.3 is 9.47 Å². The lowest BCUT2D eigenvalue weighted by Gasteiger charge is -2.36. The number of ketones is 1. The van der Waals surface area contributed by atoms with Crippen LogP contribution in [-0.4, -0.2) is 35.4 Å². The van der Waals surface area contributed by atoms with Crippen molar-refractivity contribution in [1.29, 1.82) is 0 Å². The van der Waals surface area contributed by atoms with Gasteiger partial charge in [0.15, 0.2) is 12.4 Å². The van der Waals surface area contributed by atoms with Gasteiger partial charge in [0.1, 0.15) is 6.10 Å². The number of carbonyl (C=O) groups excluding carboxylic acids is 3. The second-order valence-corrected chi connectivity index (χ2v) is 8.24. The van der Waals surface area contributed by atoms with E-state index in [4.69, 9.17) is 9.47 Å². The number of hydrogen-bond acceptors (Lipinski definition) is 7. The summed E-state index contributed by atoms with van der Waals surface area (Å²) in [7, 11) is 0. The fourth-order valence-electron chi connectivity index (χ4n) is 3.75. The lowest BCUT2D eigenvalue weighted by Crippen LogP contribution is -2.36. The largest absolute Gasteiger partial charge is 0.462 e. The monoisotopic (exact) mass is 419 g/mol. The molecule has 0 N–H and O–H groups in total. The first kappa shape index (κ1) is 23.5. The molecule has 2 rings (SSSR count). The van der Waals surface area contributed by atoms with E-state index in [0.29, 0.717) is 17.8 Å². The summed E-state index contributed by atoms with van der Waals surface area (Å²) < 4.78 is 10.6. The van der Waals surface area contributed by atoms with Crippen LogP contribution in [0.15, 0.2) is 24.3 Å². The molecule has 0 spiro atoms. The first-order valence-corrected chi connectivity index (χ1v) is 10.3. The van der Waals surface area contributed by atoms with E-state index in [1.54, 1.807) is 0 Å². The quantitative estimate of drug-likeness (QED) is 0.256. The first-order valence-electron chi connectivity index (χ1n) is 10.3. The van der Waals surface area contributed by atoms with Crippen LogP contribution in [0.5, 0.6) is 0 Å². The Morgan fingerprint density at radius 1 is 1.10 bits per heavy atom. The second-order valence-electron chi connectivity index (χ2n) is 8.24. The fourth-order valence-corrected chi connectivity index (χ4v) is 3.75. The standard InChI is InChI=1S/C22H29NO7/c1-14(2)18-9-4-15(3)12-20(18)30-22(26)11-10-21(25)29-13-19(24)16-5-7-17(8-6-16)23(27)28/h5-8,14-15,18,20H,4,9-13H2,1-3H3/t15-,18+,20+/m0/s1. The van der Waals surface area contributed by atoms with Gasteiger partial charge in [-0.1, -0.05) is 27.2 Å². The van der Waals surface area contributed by atoms with Gasteiger partial charge >= 0.3 is 11.9 Å². The molecular formula is C22H29NO7. The maximum absolute atomic E-state index is 12.2. The molecule has 0 radical (unpaired) electrons. The molecule has 0 heterocycles. The summed E-state index contributed by atoms with van der Waals surface area (Å²) in [5.74, 6) is -0.315. The van der Waals surface area contributed by atoms with Crippen LogP contribution in [0.25, 0.3) is 0 Å². The number of rotatable bonds is 9. The van der Waals surface area contributed by atoms with Gasteiger partial charge in [0.05, 0.1) is 17.8 Å². The minimum Gasteiger partial charge on any atom is -0.462 e. The average molecular weight is 419 g/mol. The van der Waals surface area contributed by atoms with Crippen LogP contribution in [0, 0.1) is 27.9 Å². The maximum Gasteiger partial charge on any atom is 0.306 e. The minimum atomic E-state index is -0.667. The number of benzene rings is 1. The lowest BCUT2D eigenvalue weighted by atomic mass is 9.75. The molecule has 0 saturated heterocycles. The zero-order chi connectivity index (χ0) is 22.3. The Morgan fingerprint density at radius 2 is 1.73 bits per heavy atom. The van der Waals surface area contributed by atoms with Crippen LogP contribution in [0.2, 0.25) is 0 Å². The van der Waals surface area contributed by atoms with Gasteiger partial charge in [-0.25, -0.2) is 0 Å². The van der Waals surface area contributed by atoms with E-state index in [-0.39, 0.29) is 30.2 Å². The summed E-state index contributed by atoms with van der Waals surface area (Å²) in [6.07, 6.45) is 2.61. The molecule has 0 unspecified atom stereocenters. The van der Waals surface area contributed by atoms with Crippen LogP contribution < -0.4 is 0 Å². The number of non-ortho nitro benzene ring substituents is 1. The number of ether oxygens (including phenoxy) is 2. The van der Waals surface area contributed by atoms with Crippen LogP contribution in [-0.2, 0) is 19.1 Å². The van der Waals surface area contributed by atoms with Gasteiger partial charge in [-0.15, -0.1) is 0 Å². The van der Waals surface area contributed by atoms with E-state index in [0.717, 1.165) is 19.3 Å². The molecule has 8 nitrogen and oxygen atoms in total. The van der Waals surface area contributed by atoms with E-state index in [2.05, 4.69) is 20.8 Å². The number of nitrogens with zero attached hydrogens (tertiary/aromatic N) is 1. The normalized spacial score (nSPS) is 21.1. The Balaban J connectivity index is 1.75. The van der Waals surface area contributed by atoms with Gasteiger partial charge in [0.25, 0.3) is 5.69 Å². The van der Waals surface area contributed by atoms with Crippen LogP contribution in [0.3, 0.4) is 0 Å². The Bertz CT molecular complexity index is 772. The predicted octanol–water partition coefficient (Wildman–Crippen LogP) is 4.10. The van der Waals surface area contributed by atoms with Crippen molar-refractivity contribution in [3.63, 3.8) is 0 Å². The van der Waals surface area contributed by atoms with Crippen molar-refractivity contribution in [2.24, 2.45) is 17.8 Å². The zero-order valence-corrected chi connectivity index (χ0v) is 17.7. The Labute approximate surface area is 176 Å². The van der Waals surface area contributed by atoms with Gasteiger partial charge in [0.2, 0.25) is 0 Å². The molecule has 1 aliphatic carbocycles. The molecule has 1 aliphatic rings. The van der Waals surface area contributed by atoms with E-state index >= 15 is 0 Å². The molecular weight excluding hydrogens is 390 g/mol. The van der Waals surface area contributed by atoms with Crippen molar-refractivity contribution in [3.8, 4) is 0 Å². The summed E-state index contributed by atoms with van der Waals surface area (Å²) in [6, 6.07) is 5.03. The summed E-state index contributed by atoms with van der Waals surface area (Å²) >= 11 is 0. The molecule has 1 aromatic carbocycles. The molecule has 1 fully saturated rings. The molecule has 1 aromatic rings. The van der Waals surface area contributed by atoms with Gasteiger partial charge in [-0.2, -0.15) is 0 Å². The number of carbonyl (C=O) groups is 3. The Morgan fingerprint density at radius 3 is 2.33 bits per heavy atom. The zero-order valence-electron chi connectivity index (χ0n) is 17.7. The summed E-state index contributed by atoms with van der Waals surface area (Å²) in [6.45, 7) is 5.92. The highest BCUT2D eigenvalue weighted by molar-refractivity contribution is 5.98. The third kappa shape index (κ3) is 6.93. The predicted molar refractivity (Wildman–Crippen MR) is 109 cm³/mol. The Kier molecular flexibility index (Phi) is 8.50. The number of Topliss-reactive ketones (excluding diaryl/α,β-unsaturated/α-hetero) is 1. The molecule has 1 saturated carbocycles. The van der Waals surface area contributed by atoms with Crippen LogP contribution >= 0.6 is 0 Å². The molecule has 164 valence electrons. The summed E-state index contributed by atoms with van der Waals surface area (Å²) in [5, 5.41) is 10.6. The molecule has 8 heteroatoms. The van der Waals surface area contributed by atoms with Gasteiger partial charge in [0, 0.05) is 17.7 Å². The molecule has 0 aliphatic heterocycles. The number of nitro benzene ring substituents is 1. The number of nitro groups is 1. The molecule has 0 amide bonds. The third-order valence-corrected chi connectivity index (χ3v) is 5.54. The van der Waals surface area contributed by atoms with E-state index in [1.807, 2.05) is 0 Å². The fraction of sp³-hybridized carbons (Fsp3) is 0.591. The topological polar surface area (TPSA) is 113 Å². The molecule has 0 aromatic heterocycles. The smallest absolute Gasteiger partial charge is 0.306 e. The minimum absolute atomic E-state index is 0.0970. The molecule has 0 bridgehead atoms. The summed E-state index contributed by atoms with van der Waals surface area (Å²) in [4.78, 5) is 46.1. The second kappa shape index (κ2) is 10.8. The number of esters is 2. The maximum atomic E-state index is 12.2. The van der Waals surface area contributed by atoms with E-state index < -0.39 is 29.3 Å². The highest BCUT2D eigenvalue weighted by Crippen LogP contribution is 2.35. The van der Waals surface area contributed by atoms with Crippen LogP contribution in [0.1, 0.15) is 63.2 Å². The van der Waals surface area contributed by atoms with Crippen molar-refractivity contribution >= 4 is 23.4 Å². The third-order valence-electron chi connectivity index (χ3n) is 5.54. The highest BCUT2D eigenvalue weighted by atomic mass is 16.6. The van der Waals surface area contributed by atoms with Crippen LogP contribution in [0.4, 0.5) is 5.69 Å². The summed E-state index contributed by atoms with van der Waals surface area (Å²) in [5.41, 5.74) is 0.0769. The van der Waals surface area contributed by atoms with Crippen molar-refractivity contribution in [3.05, 3.63) is 39.9 Å². The van der Waals surface area contributed by atoms with Crippen molar-refractivity contribution in [1.82, 2.24) is 0 Å². The SMILES string of the molecule is CC(C)[C@H]1CC[C@H](C)C[C@H]1OC(=O)CCC(=O)OCC(=O)c1ccc([N+](=O)[O-])cc1. The lowest BCUT2D eigenvalue weighted by molar-refractivity contribution is -0.384. The number of hydrogen-bond donors (Lipinski definition) is 0. The van der Waals surface area contributed by atoms with Gasteiger partial charge in [-0.05, 0) is 42.7 Å². The Hall–Kier alpha value is -2.77. The molecule has 3 atom stereocenters. The average Bonchev–Trinajstić information content (AvgIpc) is 2.70. The van der Waals surface area contributed by atoms with Crippen molar-refractivity contribution in [2.75, 3.05) is 6.61 Å². The van der Waals surface area contributed by atoms with Crippen molar-refractivity contribution < 1.29 is 28.8 Å². The first-order chi connectivity index (χ1) is 14.2. The van der Waals surface area contributed by atoms with E-state index in [9.17, 15) is 24.5 Å².